The maximum Gasteiger partial charge on any atom is 0.416 e. The Morgan fingerprint density at radius 1 is 1.15 bits per heavy atom. The predicted octanol–water partition coefficient (Wildman–Crippen LogP) is 4.17. The van der Waals surface area contributed by atoms with E-state index in [4.69, 9.17) is 5.26 Å². The van der Waals surface area contributed by atoms with Crippen molar-refractivity contribution >= 4 is 0 Å². The highest BCUT2D eigenvalue weighted by Crippen LogP contribution is 2.33. The van der Waals surface area contributed by atoms with Gasteiger partial charge in [0.25, 0.3) is 0 Å². The molecule has 0 bridgehead atoms. The normalized spacial score (nSPS) is 20.8. The van der Waals surface area contributed by atoms with Crippen LogP contribution in [0.2, 0.25) is 0 Å². The molecule has 1 saturated heterocycles. The molecule has 0 aliphatic carbocycles. The van der Waals surface area contributed by atoms with Gasteiger partial charge in [0.15, 0.2) is 0 Å². The first-order valence-corrected chi connectivity index (χ1v) is 6.87. The van der Waals surface area contributed by atoms with Gasteiger partial charge < -0.3 is 5.32 Å². The van der Waals surface area contributed by atoms with Gasteiger partial charge in [-0.1, -0.05) is 19.3 Å². The van der Waals surface area contributed by atoms with E-state index in [2.05, 4.69) is 5.32 Å². The van der Waals surface area contributed by atoms with Crippen LogP contribution in [0.25, 0.3) is 0 Å². The molecule has 1 heterocycles. The number of halogens is 3. The van der Waals surface area contributed by atoms with Crippen molar-refractivity contribution in [3.63, 3.8) is 0 Å². The molecule has 0 spiro atoms. The topological polar surface area (TPSA) is 35.8 Å². The fourth-order valence-corrected chi connectivity index (χ4v) is 2.60. The summed E-state index contributed by atoms with van der Waals surface area (Å²) < 4.78 is 38.4. The molecular weight excluding hydrogens is 265 g/mol. The van der Waals surface area contributed by atoms with Gasteiger partial charge in [-0.25, -0.2) is 0 Å². The molecule has 20 heavy (non-hydrogen) atoms. The lowest BCUT2D eigenvalue weighted by Crippen LogP contribution is -2.25. The maximum absolute atomic E-state index is 12.8. The van der Waals surface area contributed by atoms with E-state index in [-0.39, 0.29) is 6.04 Å². The number of benzene rings is 1. The molecule has 0 saturated carbocycles. The standard InChI is InChI=1S/C15H17F3N2/c16-15(17,18)12-7-6-11(10-19)13(9-12)14-5-3-1-2-4-8-20-14/h6-7,9,14,20H,1-5,8H2. The lowest BCUT2D eigenvalue weighted by atomic mass is 9.93. The number of nitrogens with one attached hydrogen (secondary N) is 1. The predicted molar refractivity (Wildman–Crippen MR) is 70.0 cm³/mol. The quantitative estimate of drug-likeness (QED) is 0.839. The Kier molecular flexibility index (Phi) is 4.66. The third-order valence-electron chi connectivity index (χ3n) is 3.69. The van der Waals surface area contributed by atoms with E-state index < -0.39 is 11.7 Å². The average molecular weight is 282 g/mol. The lowest BCUT2D eigenvalue weighted by Gasteiger charge is -2.23. The summed E-state index contributed by atoms with van der Waals surface area (Å²) in [5, 5.41) is 12.4. The van der Waals surface area contributed by atoms with Crippen LogP contribution in [0.1, 0.15) is 54.8 Å². The maximum atomic E-state index is 12.8. The zero-order valence-electron chi connectivity index (χ0n) is 11.1. The molecular formula is C15H17F3N2. The Morgan fingerprint density at radius 3 is 2.60 bits per heavy atom. The second-order valence-electron chi connectivity index (χ2n) is 5.12. The molecule has 2 nitrogen and oxygen atoms in total. The van der Waals surface area contributed by atoms with E-state index >= 15 is 0 Å². The Morgan fingerprint density at radius 2 is 1.90 bits per heavy atom. The van der Waals surface area contributed by atoms with Gasteiger partial charge in [0.05, 0.1) is 17.2 Å². The first-order valence-electron chi connectivity index (χ1n) is 6.87. The summed E-state index contributed by atoms with van der Waals surface area (Å²) in [5.74, 6) is 0. The van der Waals surface area contributed by atoms with Crippen LogP contribution in [0, 0.1) is 11.3 Å². The van der Waals surface area contributed by atoms with Crippen molar-refractivity contribution in [2.24, 2.45) is 0 Å². The molecule has 1 atom stereocenters. The number of alkyl halides is 3. The van der Waals surface area contributed by atoms with Crippen LogP contribution in [0.4, 0.5) is 13.2 Å². The molecule has 1 unspecified atom stereocenters. The summed E-state index contributed by atoms with van der Waals surface area (Å²) in [7, 11) is 0. The van der Waals surface area contributed by atoms with Crippen LogP contribution in [0.3, 0.4) is 0 Å². The zero-order chi connectivity index (χ0) is 14.6. The first kappa shape index (κ1) is 14.9. The molecule has 108 valence electrons. The monoisotopic (exact) mass is 282 g/mol. The van der Waals surface area contributed by atoms with Crippen LogP contribution >= 0.6 is 0 Å². The third kappa shape index (κ3) is 3.51. The smallest absolute Gasteiger partial charge is 0.310 e. The first-order chi connectivity index (χ1) is 9.52. The zero-order valence-corrected chi connectivity index (χ0v) is 11.1. The van der Waals surface area contributed by atoms with Gasteiger partial charge in [-0.3, -0.25) is 0 Å². The Bertz CT molecular complexity index is 495. The lowest BCUT2D eigenvalue weighted by molar-refractivity contribution is -0.137. The average Bonchev–Trinajstić information content (AvgIpc) is 2.36. The summed E-state index contributed by atoms with van der Waals surface area (Å²) in [6.07, 6.45) is 0.642. The van der Waals surface area contributed by atoms with Gasteiger partial charge in [0.1, 0.15) is 0 Å². The minimum Gasteiger partial charge on any atom is -0.310 e. The van der Waals surface area contributed by atoms with Gasteiger partial charge in [-0.2, -0.15) is 18.4 Å². The summed E-state index contributed by atoms with van der Waals surface area (Å²) >= 11 is 0. The molecule has 1 aromatic carbocycles. The summed E-state index contributed by atoms with van der Waals surface area (Å²) in [4.78, 5) is 0. The minimum atomic E-state index is -4.37. The second kappa shape index (κ2) is 6.27. The van der Waals surface area contributed by atoms with Gasteiger partial charge in [-0.15, -0.1) is 0 Å². The molecule has 1 aromatic rings. The van der Waals surface area contributed by atoms with Crippen LogP contribution in [-0.4, -0.2) is 6.54 Å². The van der Waals surface area contributed by atoms with Crippen molar-refractivity contribution in [2.45, 2.75) is 44.3 Å². The number of nitrogens with zero attached hydrogens (tertiary/aromatic N) is 1. The Balaban J connectivity index is 2.34. The highest BCUT2D eigenvalue weighted by Gasteiger charge is 2.32. The molecule has 5 heteroatoms. The fourth-order valence-electron chi connectivity index (χ4n) is 2.60. The summed E-state index contributed by atoms with van der Waals surface area (Å²) in [6.45, 7) is 0.784. The highest BCUT2D eigenvalue weighted by atomic mass is 19.4. The number of hydrogen-bond acceptors (Lipinski definition) is 2. The minimum absolute atomic E-state index is 0.160. The van der Waals surface area contributed by atoms with Gasteiger partial charge in [0, 0.05) is 6.04 Å². The van der Waals surface area contributed by atoms with Crippen LogP contribution < -0.4 is 5.32 Å². The van der Waals surface area contributed by atoms with Gasteiger partial charge in [0.2, 0.25) is 0 Å². The third-order valence-corrected chi connectivity index (χ3v) is 3.69. The van der Waals surface area contributed by atoms with Crippen LogP contribution in [0.15, 0.2) is 18.2 Å². The number of hydrogen-bond donors (Lipinski definition) is 1. The Hall–Kier alpha value is -1.54. The van der Waals surface area contributed by atoms with E-state index in [1.165, 1.54) is 6.07 Å². The van der Waals surface area contributed by atoms with Crippen molar-refractivity contribution < 1.29 is 13.2 Å². The summed E-state index contributed by atoms with van der Waals surface area (Å²) in [6, 6.07) is 5.22. The van der Waals surface area contributed by atoms with Crippen molar-refractivity contribution in [3.05, 3.63) is 34.9 Å². The molecule has 1 N–H and O–H groups in total. The Labute approximate surface area is 116 Å². The SMILES string of the molecule is N#Cc1ccc(C(F)(F)F)cc1C1CCCCCCN1. The molecule has 1 fully saturated rings. The molecule has 2 rings (SSSR count). The van der Waals surface area contributed by atoms with E-state index in [0.29, 0.717) is 11.1 Å². The van der Waals surface area contributed by atoms with E-state index in [9.17, 15) is 13.2 Å². The van der Waals surface area contributed by atoms with Gasteiger partial charge >= 0.3 is 6.18 Å². The highest BCUT2D eigenvalue weighted by molar-refractivity contribution is 5.43. The molecule has 1 aliphatic rings. The van der Waals surface area contributed by atoms with E-state index in [0.717, 1.165) is 50.8 Å². The van der Waals surface area contributed by atoms with Crippen LogP contribution in [-0.2, 0) is 6.18 Å². The summed E-state index contributed by atoms with van der Waals surface area (Å²) in [5.41, 5.74) is 0.121. The number of rotatable bonds is 1. The molecule has 0 aromatic heterocycles. The molecule has 1 aliphatic heterocycles. The molecule has 0 amide bonds. The second-order valence-corrected chi connectivity index (χ2v) is 5.12. The van der Waals surface area contributed by atoms with E-state index in [1.54, 1.807) is 0 Å². The van der Waals surface area contributed by atoms with Crippen molar-refractivity contribution in [1.29, 1.82) is 5.26 Å². The largest absolute Gasteiger partial charge is 0.416 e. The van der Waals surface area contributed by atoms with Crippen LogP contribution in [0.5, 0.6) is 0 Å². The van der Waals surface area contributed by atoms with E-state index in [1.807, 2.05) is 6.07 Å². The molecule has 0 radical (unpaired) electrons. The van der Waals surface area contributed by atoms with Gasteiger partial charge in [-0.05, 0) is 43.1 Å². The fraction of sp³-hybridized carbons (Fsp3) is 0.533. The van der Waals surface area contributed by atoms with Crippen molar-refractivity contribution in [3.8, 4) is 6.07 Å². The van der Waals surface area contributed by atoms with Crippen molar-refractivity contribution in [2.75, 3.05) is 6.54 Å². The number of nitriles is 1. The van der Waals surface area contributed by atoms with Crippen molar-refractivity contribution in [1.82, 2.24) is 5.32 Å².